The summed E-state index contributed by atoms with van der Waals surface area (Å²) in [6, 6.07) is 1.21. The number of hydrogen-bond acceptors (Lipinski definition) is 4. The van der Waals surface area contributed by atoms with Gasteiger partial charge in [-0.3, -0.25) is 4.79 Å². The maximum atomic E-state index is 10.4. The van der Waals surface area contributed by atoms with Gasteiger partial charge in [-0.25, -0.2) is 0 Å². The normalized spacial score (nSPS) is 9.82. The van der Waals surface area contributed by atoms with Gasteiger partial charge in [0.05, 0.1) is 0 Å². The van der Waals surface area contributed by atoms with E-state index in [0.29, 0.717) is 5.76 Å². The number of carboxylic acids is 1. The first-order valence-corrected chi connectivity index (χ1v) is 3.06. The Labute approximate surface area is 61.6 Å². The van der Waals surface area contributed by atoms with E-state index in [4.69, 9.17) is 0 Å². The van der Waals surface area contributed by atoms with Crippen LogP contribution in [0.2, 0.25) is 0 Å². The highest BCUT2D eigenvalue weighted by Gasteiger charge is 1.98. The SMILES string of the molecule is O=C([O-])CCc1cc(=O)[nH]o1. The summed E-state index contributed by atoms with van der Waals surface area (Å²) in [6.07, 6.45) is 0.0435. The number of carbonyl (C=O) groups excluding carboxylic acids is 1. The van der Waals surface area contributed by atoms with Gasteiger partial charge in [-0.2, -0.15) is 5.16 Å². The molecule has 5 heteroatoms. The molecule has 0 aliphatic carbocycles. The summed E-state index contributed by atoms with van der Waals surface area (Å²) in [5.74, 6) is -0.826. The number of aromatic amines is 1. The van der Waals surface area contributed by atoms with E-state index in [2.05, 4.69) is 4.52 Å². The lowest BCUT2D eigenvalue weighted by Gasteiger charge is -1.96. The molecule has 1 aromatic rings. The van der Waals surface area contributed by atoms with E-state index in [-0.39, 0.29) is 18.4 Å². The number of hydrogen-bond donors (Lipinski definition) is 1. The van der Waals surface area contributed by atoms with Gasteiger partial charge < -0.3 is 14.4 Å². The Kier molecular flexibility index (Phi) is 2.10. The summed E-state index contributed by atoms with van der Waals surface area (Å²) >= 11 is 0. The van der Waals surface area contributed by atoms with E-state index < -0.39 is 5.97 Å². The third-order valence-electron chi connectivity index (χ3n) is 1.15. The number of carboxylic acid groups (broad SMARTS) is 1. The zero-order valence-corrected chi connectivity index (χ0v) is 5.62. The zero-order chi connectivity index (χ0) is 8.27. The number of carbonyl (C=O) groups is 1. The molecule has 0 aliphatic heterocycles. The van der Waals surface area contributed by atoms with Crippen LogP contribution >= 0.6 is 0 Å². The number of aromatic nitrogens is 1. The molecule has 0 aromatic carbocycles. The molecule has 1 rings (SSSR count). The van der Waals surface area contributed by atoms with Crippen molar-refractivity contribution in [2.75, 3.05) is 0 Å². The van der Waals surface area contributed by atoms with Gasteiger partial charge in [0.15, 0.2) is 0 Å². The molecule has 60 valence electrons. The molecule has 1 heterocycles. The Morgan fingerprint density at radius 1 is 1.73 bits per heavy atom. The van der Waals surface area contributed by atoms with Crippen molar-refractivity contribution in [2.24, 2.45) is 0 Å². The summed E-state index contributed by atoms with van der Waals surface area (Å²) in [4.78, 5) is 20.4. The van der Waals surface area contributed by atoms with Gasteiger partial charge in [-0.15, -0.1) is 0 Å². The van der Waals surface area contributed by atoms with Crippen molar-refractivity contribution in [2.45, 2.75) is 12.8 Å². The third-order valence-corrected chi connectivity index (χ3v) is 1.15. The fourth-order valence-corrected chi connectivity index (χ4v) is 0.669. The average Bonchev–Trinajstić information content (AvgIpc) is 2.31. The van der Waals surface area contributed by atoms with Gasteiger partial charge in [0.2, 0.25) is 0 Å². The summed E-state index contributed by atoms with van der Waals surface area (Å²) < 4.78 is 4.59. The number of aryl methyl sites for hydroxylation is 1. The smallest absolute Gasteiger partial charge is 0.280 e. The van der Waals surface area contributed by atoms with Crippen molar-refractivity contribution < 1.29 is 14.4 Å². The van der Waals surface area contributed by atoms with Crippen molar-refractivity contribution in [1.29, 1.82) is 0 Å². The molecule has 0 saturated carbocycles. The molecule has 0 fully saturated rings. The Morgan fingerprint density at radius 2 is 2.45 bits per heavy atom. The molecule has 1 aromatic heterocycles. The molecule has 1 N–H and O–H groups in total. The van der Waals surface area contributed by atoms with E-state index in [1.54, 1.807) is 0 Å². The number of aliphatic carboxylic acids is 1. The number of nitrogens with one attached hydrogen (secondary N) is 1. The van der Waals surface area contributed by atoms with Crippen molar-refractivity contribution in [3.8, 4) is 0 Å². The van der Waals surface area contributed by atoms with Gasteiger partial charge >= 0.3 is 0 Å². The van der Waals surface area contributed by atoms with Crippen LogP contribution in [0.3, 0.4) is 0 Å². The minimum absolute atomic E-state index is 0.138. The molecular formula is C6H6NO4-. The molecule has 0 radical (unpaired) electrons. The first-order valence-electron chi connectivity index (χ1n) is 3.06. The third kappa shape index (κ3) is 2.29. The van der Waals surface area contributed by atoms with Crippen LogP contribution in [0.25, 0.3) is 0 Å². The molecule has 0 bridgehead atoms. The molecule has 0 atom stereocenters. The highest BCUT2D eigenvalue weighted by Crippen LogP contribution is 1.96. The Balaban J connectivity index is 2.51. The molecule has 5 nitrogen and oxygen atoms in total. The van der Waals surface area contributed by atoms with Crippen LogP contribution in [0.15, 0.2) is 15.4 Å². The minimum atomic E-state index is -1.16. The van der Waals surface area contributed by atoms with Crippen molar-refractivity contribution >= 4 is 5.97 Å². The van der Waals surface area contributed by atoms with Crippen molar-refractivity contribution in [1.82, 2.24) is 5.16 Å². The van der Waals surface area contributed by atoms with E-state index in [0.717, 1.165) is 0 Å². The topological polar surface area (TPSA) is 86.1 Å². The Hall–Kier alpha value is -1.52. The monoisotopic (exact) mass is 156 g/mol. The van der Waals surface area contributed by atoms with E-state index in [1.807, 2.05) is 5.16 Å². The first-order chi connectivity index (χ1) is 5.18. The van der Waals surface area contributed by atoms with E-state index >= 15 is 0 Å². The van der Waals surface area contributed by atoms with Crippen LogP contribution in [0.1, 0.15) is 12.2 Å². The summed E-state index contributed by atoms with van der Waals surface area (Å²) in [7, 11) is 0. The van der Waals surface area contributed by atoms with Crippen LogP contribution in [0, 0.1) is 0 Å². The van der Waals surface area contributed by atoms with Crippen LogP contribution in [-0.2, 0) is 11.2 Å². The summed E-state index contributed by atoms with van der Waals surface area (Å²) in [6.45, 7) is 0. The molecule has 0 aliphatic rings. The fourth-order valence-electron chi connectivity index (χ4n) is 0.669. The molecule has 0 saturated heterocycles. The Bertz CT molecular complexity index is 298. The van der Waals surface area contributed by atoms with Gasteiger partial charge in [-0.1, -0.05) is 0 Å². The highest BCUT2D eigenvalue weighted by atomic mass is 16.5. The average molecular weight is 156 g/mol. The lowest BCUT2D eigenvalue weighted by atomic mass is 10.2. The second-order valence-corrected chi connectivity index (χ2v) is 2.05. The second kappa shape index (κ2) is 3.05. The minimum Gasteiger partial charge on any atom is -0.550 e. The Morgan fingerprint density at radius 3 is 2.91 bits per heavy atom. The predicted octanol–water partition coefficient (Wildman–Crippen LogP) is -1.35. The zero-order valence-electron chi connectivity index (χ0n) is 5.62. The maximum Gasteiger partial charge on any atom is 0.280 e. The molecular weight excluding hydrogens is 150 g/mol. The predicted molar refractivity (Wildman–Crippen MR) is 32.7 cm³/mol. The lowest BCUT2D eigenvalue weighted by molar-refractivity contribution is -0.305. The van der Waals surface area contributed by atoms with Gasteiger partial charge in [0.1, 0.15) is 5.76 Å². The molecule has 0 unspecified atom stereocenters. The fraction of sp³-hybridized carbons (Fsp3) is 0.333. The van der Waals surface area contributed by atoms with Gasteiger partial charge in [-0.05, 0) is 6.42 Å². The molecule has 11 heavy (non-hydrogen) atoms. The number of rotatable bonds is 3. The van der Waals surface area contributed by atoms with E-state index in [1.165, 1.54) is 6.07 Å². The van der Waals surface area contributed by atoms with Crippen LogP contribution in [0.5, 0.6) is 0 Å². The van der Waals surface area contributed by atoms with Crippen molar-refractivity contribution in [3.63, 3.8) is 0 Å². The number of H-pyrrole nitrogens is 1. The standard InChI is InChI=1S/C6H7NO4/c8-5-3-4(11-7-5)1-2-6(9)10/h3H,1-2H2,(H,7,8)(H,9,10)/p-1. The first kappa shape index (κ1) is 7.59. The van der Waals surface area contributed by atoms with Crippen LogP contribution in [-0.4, -0.2) is 11.1 Å². The van der Waals surface area contributed by atoms with Gasteiger partial charge in [0.25, 0.3) is 5.56 Å². The van der Waals surface area contributed by atoms with Crippen LogP contribution in [0.4, 0.5) is 0 Å². The molecule has 0 amide bonds. The molecule has 0 spiro atoms. The maximum absolute atomic E-state index is 10.4. The largest absolute Gasteiger partial charge is 0.550 e. The summed E-state index contributed by atoms with van der Waals surface area (Å²) in [5.41, 5.74) is -0.363. The summed E-state index contributed by atoms with van der Waals surface area (Å²) in [5, 5.41) is 12.0. The second-order valence-electron chi connectivity index (χ2n) is 2.05. The lowest BCUT2D eigenvalue weighted by Crippen LogP contribution is -2.22. The highest BCUT2D eigenvalue weighted by molar-refractivity contribution is 5.64. The quantitative estimate of drug-likeness (QED) is 0.586. The van der Waals surface area contributed by atoms with E-state index in [9.17, 15) is 14.7 Å². The van der Waals surface area contributed by atoms with Crippen LogP contribution < -0.4 is 10.7 Å². The van der Waals surface area contributed by atoms with Gasteiger partial charge in [0, 0.05) is 18.5 Å². The van der Waals surface area contributed by atoms with Crippen molar-refractivity contribution in [3.05, 3.63) is 22.2 Å².